The Balaban J connectivity index is 1.40. The molecule has 1 fully saturated rings. The highest BCUT2D eigenvalue weighted by atomic mass is 16.5. The molecule has 1 radical (unpaired) electrons. The van der Waals surface area contributed by atoms with E-state index in [-0.39, 0.29) is 11.8 Å². The Labute approximate surface area is 230 Å². The number of piperazine rings is 1. The van der Waals surface area contributed by atoms with Crippen LogP contribution in [-0.2, 0) is 0 Å². The van der Waals surface area contributed by atoms with Crippen LogP contribution < -0.4 is 14.4 Å². The standard InChI is InChI=1S/C32H36N3O4/c1-5-10-26(24-15-16-28(38-3)29(21-24)39-4)35-31(36)25-13-9-14-27(30(25)32(35)37)34-19-17-33(18-20-34)22(2)23-11-7-6-8-12-23/h6-9,11-16,21-22,26H,1,5,10,17-20H2,2-4H3/t22-,26?/m1/s1. The van der Waals surface area contributed by atoms with Crippen LogP contribution in [0.3, 0.4) is 0 Å². The zero-order valence-electron chi connectivity index (χ0n) is 22.9. The monoisotopic (exact) mass is 526 g/mol. The second kappa shape index (κ2) is 11.5. The summed E-state index contributed by atoms with van der Waals surface area (Å²) in [5.74, 6) is 0.643. The van der Waals surface area contributed by atoms with E-state index >= 15 is 0 Å². The third-order valence-electron chi connectivity index (χ3n) is 7.99. The van der Waals surface area contributed by atoms with Gasteiger partial charge in [0.25, 0.3) is 11.8 Å². The van der Waals surface area contributed by atoms with Crippen LogP contribution in [0.25, 0.3) is 0 Å². The summed E-state index contributed by atoms with van der Waals surface area (Å²) in [5.41, 5.74) is 3.92. The fraction of sp³-hybridized carbons (Fsp3) is 0.344. The van der Waals surface area contributed by atoms with Crippen molar-refractivity contribution in [1.82, 2.24) is 9.80 Å². The number of ether oxygens (including phenoxy) is 2. The molecule has 5 rings (SSSR count). The molecule has 0 saturated carbocycles. The van der Waals surface area contributed by atoms with E-state index in [0.717, 1.165) is 37.4 Å². The van der Waals surface area contributed by atoms with Gasteiger partial charge in [0.1, 0.15) is 0 Å². The summed E-state index contributed by atoms with van der Waals surface area (Å²) in [5, 5.41) is 0. The van der Waals surface area contributed by atoms with E-state index in [2.05, 4.69) is 47.9 Å². The van der Waals surface area contributed by atoms with Gasteiger partial charge in [-0.2, -0.15) is 0 Å². The van der Waals surface area contributed by atoms with Crippen LogP contribution in [0.1, 0.15) is 63.7 Å². The predicted molar refractivity (Wildman–Crippen MR) is 152 cm³/mol. The predicted octanol–water partition coefficient (Wildman–Crippen LogP) is 5.54. The second-order valence-corrected chi connectivity index (χ2v) is 10.1. The maximum absolute atomic E-state index is 14.0. The molecule has 7 nitrogen and oxygen atoms in total. The Kier molecular flexibility index (Phi) is 7.89. The summed E-state index contributed by atoms with van der Waals surface area (Å²) in [6.07, 6.45) is 1.12. The molecule has 0 aliphatic carbocycles. The normalized spacial score (nSPS) is 17.2. The Morgan fingerprint density at radius 2 is 1.54 bits per heavy atom. The van der Waals surface area contributed by atoms with Gasteiger partial charge in [-0.05, 0) is 48.7 Å². The fourth-order valence-electron chi connectivity index (χ4n) is 5.82. The fourth-order valence-corrected chi connectivity index (χ4v) is 5.82. The Morgan fingerprint density at radius 1 is 0.821 bits per heavy atom. The van der Waals surface area contributed by atoms with Gasteiger partial charge in [-0.1, -0.05) is 55.8 Å². The van der Waals surface area contributed by atoms with Gasteiger partial charge in [-0.15, -0.1) is 0 Å². The largest absolute Gasteiger partial charge is 0.493 e. The van der Waals surface area contributed by atoms with E-state index in [1.807, 2.05) is 36.4 Å². The number of fused-ring (bicyclic) bond motifs is 1. The number of rotatable bonds is 9. The van der Waals surface area contributed by atoms with Crippen LogP contribution in [0.2, 0.25) is 0 Å². The van der Waals surface area contributed by atoms with Gasteiger partial charge >= 0.3 is 0 Å². The number of carbonyl (C=O) groups excluding carboxylic acids is 2. The Hall–Kier alpha value is -3.84. The van der Waals surface area contributed by atoms with Crippen molar-refractivity contribution >= 4 is 17.5 Å². The van der Waals surface area contributed by atoms with Gasteiger partial charge < -0.3 is 14.4 Å². The van der Waals surface area contributed by atoms with E-state index in [1.165, 1.54) is 10.5 Å². The molecule has 0 spiro atoms. The number of methoxy groups -OCH3 is 2. The first-order valence-corrected chi connectivity index (χ1v) is 13.5. The number of nitrogens with zero attached hydrogens (tertiary/aromatic N) is 3. The molecular weight excluding hydrogens is 490 g/mol. The first-order valence-electron chi connectivity index (χ1n) is 13.5. The minimum atomic E-state index is -0.453. The lowest BCUT2D eigenvalue weighted by Gasteiger charge is -2.39. The van der Waals surface area contributed by atoms with Crippen LogP contribution in [0, 0.1) is 6.92 Å². The van der Waals surface area contributed by atoms with E-state index < -0.39 is 6.04 Å². The lowest BCUT2D eigenvalue weighted by molar-refractivity contribution is 0.0574. The van der Waals surface area contributed by atoms with Gasteiger partial charge in [0.15, 0.2) is 11.5 Å². The summed E-state index contributed by atoms with van der Waals surface area (Å²) in [7, 11) is 3.16. The van der Waals surface area contributed by atoms with Crippen LogP contribution in [0.4, 0.5) is 5.69 Å². The summed E-state index contributed by atoms with van der Waals surface area (Å²) in [6, 6.07) is 21.6. The highest BCUT2D eigenvalue weighted by molar-refractivity contribution is 6.24. The van der Waals surface area contributed by atoms with Gasteiger partial charge in [-0.3, -0.25) is 19.4 Å². The zero-order chi connectivity index (χ0) is 27.5. The molecule has 2 aliphatic rings. The van der Waals surface area contributed by atoms with E-state index in [0.29, 0.717) is 41.5 Å². The molecule has 1 unspecified atom stereocenters. The number of amides is 2. The van der Waals surface area contributed by atoms with Crippen molar-refractivity contribution in [2.75, 3.05) is 45.3 Å². The molecular formula is C32H36N3O4. The minimum Gasteiger partial charge on any atom is -0.493 e. The maximum atomic E-state index is 14.0. The van der Waals surface area contributed by atoms with Gasteiger partial charge in [0.2, 0.25) is 0 Å². The van der Waals surface area contributed by atoms with Crippen molar-refractivity contribution in [3.8, 4) is 11.5 Å². The van der Waals surface area contributed by atoms with Crippen molar-refractivity contribution < 1.29 is 19.1 Å². The number of carbonyl (C=O) groups is 2. The van der Waals surface area contributed by atoms with E-state index in [1.54, 1.807) is 20.3 Å². The molecule has 2 atom stereocenters. The number of hydrogen-bond acceptors (Lipinski definition) is 6. The molecule has 39 heavy (non-hydrogen) atoms. The van der Waals surface area contributed by atoms with Crippen molar-refractivity contribution in [1.29, 1.82) is 0 Å². The highest BCUT2D eigenvalue weighted by Crippen LogP contribution is 2.40. The molecule has 2 aliphatic heterocycles. The van der Waals surface area contributed by atoms with Crippen LogP contribution in [-0.4, -0.2) is 62.0 Å². The summed E-state index contributed by atoms with van der Waals surface area (Å²) in [6.45, 7) is 9.57. The average molecular weight is 527 g/mol. The Morgan fingerprint density at radius 3 is 2.21 bits per heavy atom. The summed E-state index contributed by atoms with van der Waals surface area (Å²) < 4.78 is 10.9. The smallest absolute Gasteiger partial charge is 0.264 e. The molecule has 2 amide bonds. The summed E-state index contributed by atoms with van der Waals surface area (Å²) in [4.78, 5) is 33.8. The van der Waals surface area contributed by atoms with Crippen LogP contribution >= 0.6 is 0 Å². The SMILES string of the molecule is [CH2]CCC(c1ccc(OC)c(OC)c1)N1C(=O)c2cccc(N3CCN([C@H](C)c4ccccc4)CC3)c2C1=O. The molecule has 2 heterocycles. The quantitative estimate of drug-likeness (QED) is 0.341. The van der Waals surface area contributed by atoms with Gasteiger partial charge in [0.05, 0.1) is 37.1 Å². The van der Waals surface area contributed by atoms with Gasteiger partial charge in [0, 0.05) is 32.2 Å². The molecule has 0 N–H and O–H groups in total. The lowest BCUT2D eigenvalue weighted by Crippen LogP contribution is -2.47. The van der Waals surface area contributed by atoms with Crippen molar-refractivity contribution in [3.05, 3.63) is 95.9 Å². The third-order valence-corrected chi connectivity index (χ3v) is 7.99. The molecule has 0 bridgehead atoms. The zero-order valence-corrected chi connectivity index (χ0v) is 22.9. The minimum absolute atomic E-state index is 0.251. The number of hydrogen-bond donors (Lipinski definition) is 0. The van der Waals surface area contributed by atoms with E-state index in [9.17, 15) is 9.59 Å². The average Bonchev–Trinajstić information content (AvgIpc) is 3.25. The lowest BCUT2D eigenvalue weighted by atomic mass is 10.00. The first-order chi connectivity index (χ1) is 19.0. The topological polar surface area (TPSA) is 62.3 Å². The number of benzene rings is 3. The van der Waals surface area contributed by atoms with Crippen LogP contribution in [0.5, 0.6) is 11.5 Å². The molecule has 0 aromatic heterocycles. The first kappa shape index (κ1) is 26.8. The highest BCUT2D eigenvalue weighted by Gasteiger charge is 2.43. The second-order valence-electron chi connectivity index (χ2n) is 10.1. The molecule has 7 heteroatoms. The summed E-state index contributed by atoms with van der Waals surface area (Å²) >= 11 is 0. The molecule has 3 aromatic rings. The van der Waals surface area contributed by atoms with Crippen molar-refractivity contribution in [3.63, 3.8) is 0 Å². The van der Waals surface area contributed by atoms with Gasteiger partial charge in [-0.25, -0.2) is 0 Å². The molecule has 3 aromatic carbocycles. The van der Waals surface area contributed by atoms with Crippen molar-refractivity contribution in [2.45, 2.75) is 31.8 Å². The Bertz CT molecular complexity index is 1330. The van der Waals surface area contributed by atoms with E-state index in [4.69, 9.17) is 9.47 Å². The molecule has 1 saturated heterocycles. The van der Waals surface area contributed by atoms with Crippen molar-refractivity contribution in [2.24, 2.45) is 0 Å². The van der Waals surface area contributed by atoms with Crippen LogP contribution in [0.15, 0.2) is 66.7 Å². The molecule has 203 valence electrons. The maximum Gasteiger partial charge on any atom is 0.264 e. The number of anilines is 1. The number of imide groups is 1. The third kappa shape index (κ3) is 4.99.